The summed E-state index contributed by atoms with van der Waals surface area (Å²) in [5.41, 5.74) is 9.62. The van der Waals surface area contributed by atoms with Gasteiger partial charge in [0.25, 0.3) is 0 Å². The van der Waals surface area contributed by atoms with Crippen LogP contribution in [-0.4, -0.2) is 10.4 Å². The first-order valence-corrected chi connectivity index (χ1v) is 21.0. The van der Waals surface area contributed by atoms with Crippen molar-refractivity contribution < 1.29 is 0 Å². The van der Waals surface area contributed by atoms with Gasteiger partial charge in [-0.25, -0.2) is 4.99 Å². The summed E-state index contributed by atoms with van der Waals surface area (Å²) in [7, 11) is 0. The Morgan fingerprint density at radius 3 is 1.89 bits per heavy atom. The first kappa shape index (κ1) is 32.7. The minimum Gasteiger partial charge on any atom is -0.350 e. The summed E-state index contributed by atoms with van der Waals surface area (Å²) in [6, 6.07) is 65.9. The molecule has 6 heteroatoms. The van der Waals surface area contributed by atoms with E-state index in [-0.39, 0.29) is 12.3 Å². The summed E-state index contributed by atoms with van der Waals surface area (Å²) in [5, 5.41) is 15.2. The number of aromatic nitrogens is 1. The van der Waals surface area contributed by atoms with Crippen LogP contribution in [0.25, 0.3) is 79.0 Å². The first-order valence-electron chi connectivity index (χ1n) is 19.4. The summed E-state index contributed by atoms with van der Waals surface area (Å²) in [6.07, 6.45) is -0.274. The second-order valence-corrected chi connectivity index (χ2v) is 16.8. The van der Waals surface area contributed by atoms with E-state index >= 15 is 0 Å². The fraction of sp³-hybridized carbons (Fsp3) is 0.0392. The zero-order valence-electron chi connectivity index (χ0n) is 30.7. The van der Waals surface area contributed by atoms with Gasteiger partial charge in [-0.2, -0.15) is 0 Å². The fourth-order valence-corrected chi connectivity index (χ4v) is 11.4. The van der Waals surface area contributed by atoms with Crippen molar-refractivity contribution in [3.8, 4) is 16.8 Å². The Morgan fingerprint density at radius 2 is 1.11 bits per heavy atom. The molecule has 0 bridgehead atoms. The Morgan fingerprint density at radius 1 is 0.474 bits per heavy atom. The Bertz CT molecular complexity index is 3320. The number of aliphatic imine (C=N–C) groups is 1. The van der Waals surface area contributed by atoms with Gasteiger partial charge in [-0.3, -0.25) is 5.32 Å². The third-order valence-electron chi connectivity index (χ3n) is 11.5. The predicted molar refractivity (Wildman–Crippen MR) is 243 cm³/mol. The van der Waals surface area contributed by atoms with Gasteiger partial charge in [0.15, 0.2) is 0 Å². The highest BCUT2D eigenvalue weighted by Gasteiger charge is 2.27. The highest BCUT2D eigenvalue weighted by atomic mass is 32.1. The molecule has 0 fully saturated rings. The van der Waals surface area contributed by atoms with Gasteiger partial charge in [-0.1, -0.05) is 146 Å². The van der Waals surface area contributed by atoms with E-state index in [9.17, 15) is 0 Å². The molecule has 12 rings (SSSR count). The number of benzene rings is 8. The smallest absolute Gasteiger partial charge is 0.133 e. The van der Waals surface area contributed by atoms with Crippen LogP contribution in [0.4, 0.5) is 0 Å². The number of rotatable bonds is 5. The highest BCUT2D eigenvalue weighted by Crippen LogP contribution is 2.45. The summed E-state index contributed by atoms with van der Waals surface area (Å²) in [5.74, 6) is 0.904. The zero-order valence-corrected chi connectivity index (χ0v) is 32.3. The lowest BCUT2D eigenvalue weighted by atomic mass is 9.97. The van der Waals surface area contributed by atoms with Gasteiger partial charge in [0, 0.05) is 52.0 Å². The second-order valence-electron chi connectivity index (χ2n) is 14.7. The SMILES string of the molecule is c1ccc(C2N=C(c3cccc4c3sc3cccc(-c5ccc6c(c5)sc5c(-n7c8ccccc8c8ccccc87)cccc56)c34)NC(c3ccccc3)N2)cc1. The second kappa shape index (κ2) is 13.0. The van der Waals surface area contributed by atoms with E-state index < -0.39 is 0 Å². The van der Waals surface area contributed by atoms with E-state index in [1.165, 1.54) is 84.5 Å². The topological polar surface area (TPSA) is 41.4 Å². The maximum Gasteiger partial charge on any atom is 0.133 e. The van der Waals surface area contributed by atoms with Gasteiger partial charge in [0.2, 0.25) is 0 Å². The molecule has 11 aromatic rings. The lowest BCUT2D eigenvalue weighted by Crippen LogP contribution is -2.44. The van der Waals surface area contributed by atoms with Gasteiger partial charge in [0.1, 0.15) is 18.2 Å². The molecule has 0 amide bonds. The molecule has 2 N–H and O–H groups in total. The molecule has 4 nitrogen and oxygen atoms in total. The van der Waals surface area contributed by atoms with Crippen molar-refractivity contribution in [2.24, 2.45) is 4.99 Å². The van der Waals surface area contributed by atoms with E-state index in [0.29, 0.717) is 0 Å². The highest BCUT2D eigenvalue weighted by molar-refractivity contribution is 7.26. The molecule has 1 aliphatic heterocycles. The summed E-state index contributed by atoms with van der Waals surface area (Å²) in [4.78, 5) is 5.31. The largest absolute Gasteiger partial charge is 0.350 e. The minimum atomic E-state index is -0.184. The summed E-state index contributed by atoms with van der Waals surface area (Å²) < 4.78 is 7.56. The average molecular weight is 767 g/mol. The molecule has 4 heterocycles. The lowest BCUT2D eigenvalue weighted by Gasteiger charge is -2.32. The van der Waals surface area contributed by atoms with Crippen LogP contribution in [-0.2, 0) is 0 Å². The molecule has 2 atom stereocenters. The summed E-state index contributed by atoms with van der Waals surface area (Å²) >= 11 is 3.75. The quantitative estimate of drug-likeness (QED) is 0.183. The third kappa shape index (κ3) is 5.19. The number of hydrogen-bond donors (Lipinski definition) is 2. The van der Waals surface area contributed by atoms with Crippen molar-refractivity contribution in [2.45, 2.75) is 12.3 Å². The summed E-state index contributed by atoms with van der Waals surface area (Å²) in [6.45, 7) is 0. The van der Waals surface area contributed by atoms with Crippen LogP contribution in [0.2, 0.25) is 0 Å². The maximum absolute atomic E-state index is 5.31. The van der Waals surface area contributed by atoms with E-state index in [4.69, 9.17) is 4.99 Å². The van der Waals surface area contributed by atoms with Crippen molar-refractivity contribution in [1.29, 1.82) is 0 Å². The normalized spacial score (nSPS) is 15.9. The number of amidine groups is 1. The number of nitrogens with zero attached hydrogens (tertiary/aromatic N) is 2. The molecular weight excluding hydrogens is 733 g/mol. The van der Waals surface area contributed by atoms with Gasteiger partial charge in [-0.05, 0) is 58.7 Å². The van der Waals surface area contributed by atoms with E-state index in [1.807, 2.05) is 22.7 Å². The van der Waals surface area contributed by atoms with Crippen LogP contribution in [0.15, 0.2) is 187 Å². The average Bonchev–Trinajstić information content (AvgIpc) is 3.96. The van der Waals surface area contributed by atoms with Gasteiger partial charge < -0.3 is 9.88 Å². The standard InChI is InChI=1S/C51H34N4S2/c1-3-14-31(15-4-1)49-52-50(32-16-5-2-6-17-32)54-51(53-49)40-23-11-22-39-46-34(20-13-27-44(46)56-47(39)40)33-28-29-37-38-21-12-26-43(48(38)57-45(37)30-33)55-41-24-9-7-18-35(41)36-19-8-10-25-42(36)55/h1-30,49-50,52H,(H,53,54). The Balaban J connectivity index is 0.999. The number of hydrogen-bond acceptors (Lipinski definition) is 5. The molecule has 8 aromatic carbocycles. The van der Waals surface area contributed by atoms with E-state index in [2.05, 4.69) is 197 Å². The molecule has 0 spiro atoms. The Labute approximate surface area is 337 Å². The van der Waals surface area contributed by atoms with E-state index in [1.54, 1.807) is 0 Å². The molecule has 57 heavy (non-hydrogen) atoms. The van der Waals surface area contributed by atoms with Crippen molar-refractivity contribution >= 4 is 90.7 Å². The van der Waals surface area contributed by atoms with Crippen LogP contribution < -0.4 is 10.6 Å². The first-order chi connectivity index (χ1) is 28.3. The zero-order chi connectivity index (χ0) is 37.5. The van der Waals surface area contributed by atoms with Gasteiger partial charge in [0.05, 0.1) is 21.4 Å². The molecule has 0 aliphatic carbocycles. The van der Waals surface area contributed by atoms with Crippen LogP contribution in [0.1, 0.15) is 29.0 Å². The minimum absolute atomic E-state index is 0.0902. The molecule has 1 aliphatic rings. The molecule has 3 aromatic heterocycles. The molecule has 0 radical (unpaired) electrons. The van der Waals surface area contributed by atoms with Gasteiger partial charge >= 0.3 is 0 Å². The van der Waals surface area contributed by atoms with Crippen LogP contribution in [0, 0.1) is 0 Å². The molecule has 270 valence electrons. The van der Waals surface area contributed by atoms with E-state index in [0.717, 1.165) is 17.0 Å². The molecule has 2 unspecified atom stereocenters. The number of fused-ring (bicyclic) bond motifs is 9. The molecular formula is C51H34N4S2. The van der Waals surface area contributed by atoms with Crippen LogP contribution >= 0.6 is 22.7 Å². The van der Waals surface area contributed by atoms with Crippen molar-refractivity contribution in [3.05, 3.63) is 199 Å². The van der Waals surface area contributed by atoms with Gasteiger partial charge in [-0.15, -0.1) is 22.7 Å². The Hall–Kier alpha value is -6.57. The third-order valence-corrected chi connectivity index (χ3v) is 13.9. The fourth-order valence-electron chi connectivity index (χ4n) is 8.90. The maximum atomic E-state index is 5.31. The number of thiophene rings is 2. The number of nitrogens with one attached hydrogen (secondary N) is 2. The molecule has 0 saturated heterocycles. The predicted octanol–water partition coefficient (Wildman–Crippen LogP) is 13.5. The molecule has 0 saturated carbocycles. The van der Waals surface area contributed by atoms with Crippen molar-refractivity contribution in [3.63, 3.8) is 0 Å². The van der Waals surface area contributed by atoms with Crippen molar-refractivity contribution in [2.75, 3.05) is 0 Å². The lowest BCUT2D eigenvalue weighted by molar-refractivity contribution is 0.409. The van der Waals surface area contributed by atoms with Crippen LogP contribution in [0.3, 0.4) is 0 Å². The van der Waals surface area contributed by atoms with Crippen molar-refractivity contribution in [1.82, 2.24) is 15.2 Å². The number of para-hydroxylation sites is 2. The van der Waals surface area contributed by atoms with Crippen LogP contribution in [0.5, 0.6) is 0 Å². The Kier molecular flexibility index (Phi) is 7.45. The monoisotopic (exact) mass is 766 g/mol.